The van der Waals surface area contributed by atoms with E-state index >= 15 is 0 Å². The van der Waals surface area contributed by atoms with Crippen molar-refractivity contribution in [3.8, 4) is 0 Å². The van der Waals surface area contributed by atoms with Crippen molar-refractivity contribution in [3.05, 3.63) is 16.1 Å². The average molecular weight is 226 g/mol. The summed E-state index contributed by atoms with van der Waals surface area (Å²) in [6.07, 6.45) is 5.45. The highest BCUT2D eigenvalue weighted by Gasteiger charge is 1.98. The summed E-state index contributed by atoms with van der Waals surface area (Å²) in [5.74, 6) is 0.601. The standard InChI is InChI=1S/C8H12ClNS.ClH/c1-2-3-4-8-10-6-7(5-9)11-8;/h6H,2-5H2,1H3;1H. The van der Waals surface area contributed by atoms with Gasteiger partial charge in [0, 0.05) is 11.1 Å². The minimum Gasteiger partial charge on any atom is -0.249 e. The van der Waals surface area contributed by atoms with E-state index in [0.717, 1.165) is 6.42 Å². The highest BCUT2D eigenvalue weighted by Crippen LogP contribution is 2.16. The zero-order valence-electron chi connectivity index (χ0n) is 7.05. The van der Waals surface area contributed by atoms with Gasteiger partial charge in [0.15, 0.2) is 0 Å². The third-order valence-corrected chi connectivity index (χ3v) is 2.98. The number of aryl methyl sites for hydroxylation is 1. The number of unbranched alkanes of at least 4 members (excludes halogenated alkanes) is 1. The largest absolute Gasteiger partial charge is 0.249 e. The number of aromatic nitrogens is 1. The molecule has 0 amide bonds. The van der Waals surface area contributed by atoms with Crippen LogP contribution in [0.5, 0.6) is 0 Å². The summed E-state index contributed by atoms with van der Waals surface area (Å²) in [4.78, 5) is 5.44. The molecule has 0 saturated carbocycles. The topological polar surface area (TPSA) is 12.9 Å². The summed E-state index contributed by atoms with van der Waals surface area (Å²) >= 11 is 7.37. The highest BCUT2D eigenvalue weighted by atomic mass is 35.5. The maximum absolute atomic E-state index is 5.64. The molecule has 0 radical (unpaired) electrons. The van der Waals surface area contributed by atoms with Gasteiger partial charge in [-0.1, -0.05) is 13.3 Å². The maximum atomic E-state index is 5.64. The van der Waals surface area contributed by atoms with Crippen LogP contribution in [-0.4, -0.2) is 4.98 Å². The van der Waals surface area contributed by atoms with E-state index in [9.17, 15) is 0 Å². The average Bonchev–Trinajstić information content (AvgIpc) is 2.48. The van der Waals surface area contributed by atoms with Crippen LogP contribution in [0.3, 0.4) is 0 Å². The summed E-state index contributed by atoms with van der Waals surface area (Å²) < 4.78 is 0. The number of halogens is 2. The summed E-state index contributed by atoms with van der Waals surface area (Å²) in [5.41, 5.74) is 0. The van der Waals surface area contributed by atoms with Crippen LogP contribution in [0.1, 0.15) is 29.7 Å². The van der Waals surface area contributed by atoms with E-state index < -0.39 is 0 Å². The van der Waals surface area contributed by atoms with Gasteiger partial charge in [-0.25, -0.2) is 4.98 Å². The van der Waals surface area contributed by atoms with Crippen molar-refractivity contribution in [1.82, 2.24) is 4.98 Å². The lowest BCUT2D eigenvalue weighted by molar-refractivity contribution is 0.790. The Labute approximate surface area is 88.6 Å². The summed E-state index contributed by atoms with van der Waals surface area (Å²) in [5, 5.41) is 1.22. The van der Waals surface area contributed by atoms with Crippen molar-refractivity contribution >= 4 is 35.3 Å². The van der Waals surface area contributed by atoms with Crippen LogP contribution < -0.4 is 0 Å². The SMILES string of the molecule is CCCCc1ncc(CCl)s1.Cl. The molecule has 0 aliphatic heterocycles. The molecular weight excluding hydrogens is 213 g/mol. The van der Waals surface area contributed by atoms with E-state index in [1.807, 2.05) is 6.20 Å². The Hall–Kier alpha value is 0.210. The predicted octanol–water partition coefficient (Wildman–Crippen LogP) is 3.65. The van der Waals surface area contributed by atoms with E-state index in [4.69, 9.17) is 11.6 Å². The van der Waals surface area contributed by atoms with Gasteiger partial charge in [-0.3, -0.25) is 0 Å². The highest BCUT2D eigenvalue weighted by molar-refractivity contribution is 7.11. The quantitative estimate of drug-likeness (QED) is 0.714. The Morgan fingerprint density at radius 1 is 1.58 bits per heavy atom. The molecule has 0 saturated heterocycles. The number of hydrogen-bond acceptors (Lipinski definition) is 2. The van der Waals surface area contributed by atoms with E-state index in [-0.39, 0.29) is 12.4 Å². The van der Waals surface area contributed by atoms with E-state index in [1.165, 1.54) is 22.7 Å². The smallest absolute Gasteiger partial charge is 0.0928 e. The molecule has 12 heavy (non-hydrogen) atoms. The van der Waals surface area contributed by atoms with Crippen molar-refractivity contribution in [2.45, 2.75) is 32.1 Å². The molecule has 0 spiro atoms. The molecule has 0 aromatic carbocycles. The van der Waals surface area contributed by atoms with Gasteiger partial charge >= 0.3 is 0 Å². The second-order valence-electron chi connectivity index (χ2n) is 2.46. The molecule has 0 fully saturated rings. The van der Waals surface area contributed by atoms with Gasteiger partial charge in [-0.15, -0.1) is 35.3 Å². The first-order valence-electron chi connectivity index (χ1n) is 3.86. The van der Waals surface area contributed by atoms with Gasteiger partial charge < -0.3 is 0 Å². The van der Waals surface area contributed by atoms with Crippen LogP contribution in [0.4, 0.5) is 0 Å². The van der Waals surface area contributed by atoms with Crippen molar-refractivity contribution < 1.29 is 0 Å². The lowest BCUT2D eigenvalue weighted by atomic mass is 10.3. The summed E-state index contributed by atoms with van der Waals surface area (Å²) in [6, 6.07) is 0. The fraction of sp³-hybridized carbons (Fsp3) is 0.625. The summed E-state index contributed by atoms with van der Waals surface area (Å²) in [6.45, 7) is 2.19. The Bertz CT molecular complexity index is 213. The van der Waals surface area contributed by atoms with Gasteiger partial charge in [0.1, 0.15) is 0 Å². The number of nitrogens with zero attached hydrogens (tertiary/aromatic N) is 1. The van der Waals surface area contributed by atoms with E-state index in [1.54, 1.807) is 11.3 Å². The molecule has 0 aliphatic carbocycles. The summed E-state index contributed by atoms with van der Waals surface area (Å²) in [7, 11) is 0. The molecule has 1 rings (SSSR count). The zero-order valence-corrected chi connectivity index (χ0v) is 9.44. The Morgan fingerprint density at radius 2 is 2.33 bits per heavy atom. The second-order valence-corrected chi connectivity index (χ2v) is 3.92. The van der Waals surface area contributed by atoms with Crippen molar-refractivity contribution in [2.75, 3.05) is 0 Å². The Kier molecular flexibility index (Phi) is 6.81. The fourth-order valence-corrected chi connectivity index (χ4v) is 1.90. The first-order valence-corrected chi connectivity index (χ1v) is 5.21. The lowest BCUT2D eigenvalue weighted by Gasteiger charge is -1.89. The van der Waals surface area contributed by atoms with Crippen LogP contribution in [0, 0.1) is 0 Å². The van der Waals surface area contributed by atoms with Gasteiger partial charge in [-0.05, 0) is 12.8 Å². The molecule has 1 aromatic heterocycles. The van der Waals surface area contributed by atoms with Crippen molar-refractivity contribution in [1.29, 1.82) is 0 Å². The predicted molar refractivity (Wildman–Crippen MR) is 57.5 cm³/mol. The molecule has 1 nitrogen and oxygen atoms in total. The third-order valence-electron chi connectivity index (χ3n) is 1.48. The molecule has 0 bridgehead atoms. The minimum absolute atomic E-state index is 0. The van der Waals surface area contributed by atoms with E-state index in [0.29, 0.717) is 5.88 Å². The molecule has 0 N–H and O–H groups in total. The number of thiazole rings is 1. The molecule has 0 atom stereocenters. The van der Waals surface area contributed by atoms with Crippen LogP contribution in [0.25, 0.3) is 0 Å². The monoisotopic (exact) mass is 225 g/mol. The van der Waals surface area contributed by atoms with Crippen molar-refractivity contribution in [2.24, 2.45) is 0 Å². The molecule has 70 valence electrons. The maximum Gasteiger partial charge on any atom is 0.0928 e. The number of alkyl halides is 1. The van der Waals surface area contributed by atoms with Gasteiger partial charge in [0.2, 0.25) is 0 Å². The molecular formula is C8H13Cl2NS. The molecule has 0 unspecified atom stereocenters. The van der Waals surface area contributed by atoms with Gasteiger partial charge in [0.25, 0.3) is 0 Å². The molecule has 1 heterocycles. The first kappa shape index (κ1) is 12.2. The van der Waals surface area contributed by atoms with Gasteiger partial charge in [0.05, 0.1) is 10.9 Å². The van der Waals surface area contributed by atoms with Crippen molar-refractivity contribution in [3.63, 3.8) is 0 Å². The van der Waals surface area contributed by atoms with Gasteiger partial charge in [-0.2, -0.15) is 0 Å². The molecule has 0 aliphatic rings. The lowest BCUT2D eigenvalue weighted by Crippen LogP contribution is -1.80. The Balaban J connectivity index is 0.00000121. The number of rotatable bonds is 4. The molecule has 1 aromatic rings. The van der Waals surface area contributed by atoms with Crippen LogP contribution in [0.15, 0.2) is 6.20 Å². The first-order chi connectivity index (χ1) is 5.36. The fourth-order valence-electron chi connectivity index (χ4n) is 0.853. The van der Waals surface area contributed by atoms with Crippen LogP contribution >= 0.6 is 35.3 Å². The van der Waals surface area contributed by atoms with E-state index in [2.05, 4.69) is 11.9 Å². The third kappa shape index (κ3) is 3.74. The van der Waals surface area contributed by atoms with Crippen LogP contribution in [0.2, 0.25) is 0 Å². The Morgan fingerprint density at radius 3 is 2.83 bits per heavy atom. The minimum atomic E-state index is 0. The normalized spacial score (nSPS) is 9.50. The number of hydrogen-bond donors (Lipinski definition) is 0. The molecule has 4 heteroatoms. The zero-order chi connectivity index (χ0) is 8.10. The second kappa shape index (κ2) is 6.70. The van der Waals surface area contributed by atoms with Crippen LogP contribution in [-0.2, 0) is 12.3 Å².